The van der Waals surface area contributed by atoms with E-state index in [-0.39, 0.29) is 47.8 Å². The van der Waals surface area contributed by atoms with E-state index in [1.807, 2.05) is 41.5 Å². The Hall–Kier alpha value is -1.43. The first-order chi connectivity index (χ1) is 11.1. The summed E-state index contributed by atoms with van der Waals surface area (Å²) < 4.78 is 0. The third-order valence-corrected chi connectivity index (χ3v) is 3.97. The van der Waals surface area contributed by atoms with Crippen LogP contribution in [0.4, 0.5) is 4.79 Å². The molecule has 6 heteroatoms. The molecule has 4 N–H and O–H groups in total. The number of carbonyl (C=O) groups excluding carboxylic acids is 3. The van der Waals surface area contributed by atoms with Gasteiger partial charge in [0.1, 0.15) is 5.78 Å². The van der Waals surface area contributed by atoms with Crippen LogP contribution >= 0.6 is 0 Å². The van der Waals surface area contributed by atoms with Crippen LogP contribution in [0.15, 0.2) is 0 Å². The number of Topliss-reactive ketones (excluding diaryl/α,β-unsaturated/α-hetero) is 2. The molecule has 0 radical (unpaired) electrons. The molecule has 2 atom stereocenters. The van der Waals surface area contributed by atoms with E-state index in [1.54, 1.807) is 0 Å². The fourth-order valence-electron chi connectivity index (χ4n) is 2.76. The van der Waals surface area contributed by atoms with E-state index in [1.165, 1.54) is 0 Å². The van der Waals surface area contributed by atoms with Gasteiger partial charge in [-0.2, -0.15) is 0 Å². The van der Waals surface area contributed by atoms with Gasteiger partial charge in [-0.05, 0) is 18.8 Å². The highest BCUT2D eigenvalue weighted by molar-refractivity contribution is 5.91. The van der Waals surface area contributed by atoms with E-state index in [0.717, 1.165) is 0 Å². The highest BCUT2D eigenvalue weighted by Gasteiger charge is 2.29. The molecule has 2 amide bonds. The predicted molar refractivity (Wildman–Crippen MR) is 96.7 cm³/mol. The zero-order chi connectivity index (χ0) is 18.9. The van der Waals surface area contributed by atoms with Crippen LogP contribution in [0.2, 0.25) is 0 Å². The Labute approximate surface area is 146 Å². The monoisotopic (exact) mass is 341 g/mol. The number of urea groups is 1. The largest absolute Gasteiger partial charge is 0.352 e. The summed E-state index contributed by atoms with van der Waals surface area (Å²) in [6.45, 7) is 12.2. The lowest BCUT2D eigenvalue weighted by Gasteiger charge is -2.26. The predicted octanol–water partition coefficient (Wildman–Crippen LogP) is 2.26. The van der Waals surface area contributed by atoms with E-state index in [2.05, 4.69) is 10.6 Å². The lowest BCUT2D eigenvalue weighted by atomic mass is 9.84. The molecular formula is C18H35N3O3. The van der Waals surface area contributed by atoms with Gasteiger partial charge in [0.2, 0.25) is 0 Å². The number of nitrogens with one attached hydrogen (secondary N) is 2. The van der Waals surface area contributed by atoms with Crippen LogP contribution < -0.4 is 16.4 Å². The summed E-state index contributed by atoms with van der Waals surface area (Å²) in [7, 11) is 0. The molecule has 0 saturated heterocycles. The van der Waals surface area contributed by atoms with Gasteiger partial charge < -0.3 is 16.4 Å². The molecule has 0 spiro atoms. The zero-order valence-corrected chi connectivity index (χ0v) is 16.0. The van der Waals surface area contributed by atoms with Gasteiger partial charge >= 0.3 is 6.03 Å². The van der Waals surface area contributed by atoms with Crippen LogP contribution in [0.25, 0.3) is 0 Å². The normalized spacial score (nSPS) is 14.0. The minimum absolute atomic E-state index is 0.0839. The van der Waals surface area contributed by atoms with Gasteiger partial charge in [0, 0.05) is 30.8 Å². The van der Waals surface area contributed by atoms with Gasteiger partial charge in [-0.25, -0.2) is 4.79 Å². The summed E-state index contributed by atoms with van der Waals surface area (Å²) in [6.07, 6.45) is 1.45. The van der Waals surface area contributed by atoms with Crippen LogP contribution in [-0.4, -0.2) is 36.2 Å². The van der Waals surface area contributed by atoms with E-state index < -0.39 is 6.03 Å². The molecule has 0 heterocycles. The van der Waals surface area contributed by atoms with E-state index >= 15 is 0 Å². The number of ketones is 2. The van der Waals surface area contributed by atoms with Crippen LogP contribution in [0.3, 0.4) is 0 Å². The molecule has 0 rings (SSSR count). The third-order valence-electron chi connectivity index (χ3n) is 3.97. The maximum absolute atomic E-state index is 12.7. The lowest BCUT2D eigenvalue weighted by molar-refractivity contribution is -0.131. The molecule has 0 aliphatic rings. The lowest BCUT2D eigenvalue weighted by Crippen LogP contribution is -2.45. The van der Waals surface area contributed by atoms with Crippen molar-refractivity contribution in [1.82, 2.24) is 10.6 Å². The van der Waals surface area contributed by atoms with Crippen molar-refractivity contribution in [3.8, 4) is 0 Å². The van der Waals surface area contributed by atoms with Crippen molar-refractivity contribution in [1.29, 1.82) is 0 Å². The van der Waals surface area contributed by atoms with Crippen molar-refractivity contribution < 1.29 is 14.4 Å². The number of primary amides is 1. The van der Waals surface area contributed by atoms with Crippen LogP contribution in [0, 0.1) is 17.8 Å². The van der Waals surface area contributed by atoms with Crippen LogP contribution in [-0.2, 0) is 9.59 Å². The number of carbonyl (C=O) groups is 3. The molecule has 140 valence electrons. The second kappa shape index (κ2) is 11.2. The summed E-state index contributed by atoms with van der Waals surface area (Å²) >= 11 is 0. The maximum Gasteiger partial charge on any atom is 0.312 e. The van der Waals surface area contributed by atoms with Crippen LogP contribution in [0.5, 0.6) is 0 Å². The number of hydrogen-bond acceptors (Lipinski definition) is 4. The second-order valence-electron chi connectivity index (χ2n) is 7.40. The van der Waals surface area contributed by atoms with Crippen molar-refractivity contribution in [2.75, 3.05) is 6.54 Å². The Morgan fingerprint density at radius 3 is 2.00 bits per heavy atom. The number of rotatable bonds is 12. The maximum atomic E-state index is 12.7. The van der Waals surface area contributed by atoms with Gasteiger partial charge in [-0.1, -0.05) is 41.5 Å². The molecule has 0 aromatic rings. The first kappa shape index (κ1) is 22.6. The standard InChI is InChI=1S/C18H35N3O3/c1-11(2)16(21-13(5)6)15(22)10-14(17(23)12(3)4)8-7-9-20-18(19)24/h11-14,16,21H,7-10H2,1-6H3,(H3,19,20,24)/t14-,16+/m0/s1. The van der Waals surface area contributed by atoms with E-state index in [0.29, 0.717) is 19.4 Å². The van der Waals surface area contributed by atoms with Gasteiger partial charge in [0.05, 0.1) is 6.04 Å². The topological polar surface area (TPSA) is 101 Å². The summed E-state index contributed by atoms with van der Waals surface area (Å²) in [5.74, 6) is -0.0499. The summed E-state index contributed by atoms with van der Waals surface area (Å²) in [5.41, 5.74) is 5.04. The summed E-state index contributed by atoms with van der Waals surface area (Å²) in [5, 5.41) is 5.82. The molecular weight excluding hydrogens is 306 g/mol. The number of hydrogen-bond donors (Lipinski definition) is 3. The Bertz CT molecular complexity index is 420. The average Bonchev–Trinajstić information content (AvgIpc) is 2.45. The molecule has 0 saturated carbocycles. The quantitative estimate of drug-likeness (QED) is 0.474. The molecule has 0 aromatic carbocycles. The highest BCUT2D eigenvalue weighted by Crippen LogP contribution is 2.20. The Morgan fingerprint density at radius 2 is 1.58 bits per heavy atom. The third kappa shape index (κ3) is 9.01. The van der Waals surface area contributed by atoms with E-state index in [9.17, 15) is 14.4 Å². The SMILES string of the molecule is CC(C)N[C@@H](C(=O)C[C@H](CCCNC(N)=O)C(=O)C(C)C)C(C)C. The summed E-state index contributed by atoms with van der Waals surface area (Å²) in [6, 6.07) is -0.601. The van der Waals surface area contributed by atoms with Crippen molar-refractivity contribution in [3.63, 3.8) is 0 Å². The van der Waals surface area contributed by atoms with Crippen LogP contribution in [0.1, 0.15) is 60.8 Å². The molecule has 0 fully saturated rings. The van der Waals surface area contributed by atoms with Gasteiger partial charge in [-0.15, -0.1) is 0 Å². The van der Waals surface area contributed by atoms with Crippen molar-refractivity contribution in [2.45, 2.75) is 72.9 Å². The molecule has 0 bridgehead atoms. The number of amides is 2. The van der Waals surface area contributed by atoms with Gasteiger partial charge in [0.15, 0.2) is 5.78 Å². The Morgan fingerprint density at radius 1 is 1.00 bits per heavy atom. The smallest absolute Gasteiger partial charge is 0.312 e. The van der Waals surface area contributed by atoms with E-state index in [4.69, 9.17) is 5.73 Å². The first-order valence-corrected chi connectivity index (χ1v) is 8.92. The molecule has 0 aliphatic carbocycles. The molecule has 24 heavy (non-hydrogen) atoms. The van der Waals surface area contributed by atoms with Crippen molar-refractivity contribution in [2.24, 2.45) is 23.5 Å². The highest BCUT2D eigenvalue weighted by atomic mass is 16.2. The Balaban J connectivity index is 4.85. The van der Waals surface area contributed by atoms with Crippen molar-refractivity contribution >= 4 is 17.6 Å². The zero-order valence-electron chi connectivity index (χ0n) is 16.0. The van der Waals surface area contributed by atoms with Gasteiger partial charge in [-0.3, -0.25) is 9.59 Å². The first-order valence-electron chi connectivity index (χ1n) is 8.92. The molecule has 0 aromatic heterocycles. The fourth-order valence-corrected chi connectivity index (χ4v) is 2.76. The minimum Gasteiger partial charge on any atom is -0.352 e. The second-order valence-corrected chi connectivity index (χ2v) is 7.40. The molecule has 0 aliphatic heterocycles. The Kier molecular flexibility index (Phi) is 10.5. The fraction of sp³-hybridized carbons (Fsp3) is 0.833. The molecule has 0 unspecified atom stereocenters. The summed E-state index contributed by atoms with van der Waals surface area (Å²) in [4.78, 5) is 35.8. The number of nitrogens with two attached hydrogens (primary N) is 1. The van der Waals surface area contributed by atoms with Gasteiger partial charge in [0.25, 0.3) is 0 Å². The average molecular weight is 341 g/mol. The molecule has 6 nitrogen and oxygen atoms in total. The minimum atomic E-state index is -0.571. The van der Waals surface area contributed by atoms with Crippen molar-refractivity contribution in [3.05, 3.63) is 0 Å².